The van der Waals surface area contributed by atoms with E-state index in [1.54, 1.807) is 6.92 Å². The van der Waals surface area contributed by atoms with Gasteiger partial charge < -0.3 is 6.42 Å². The van der Waals surface area contributed by atoms with Crippen molar-refractivity contribution in [3.05, 3.63) is 6.42 Å². The van der Waals surface area contributed by atoms with E-state index in [2.05, 4.69) is 450 Å². The van der Waals surface area contributed by atoms with E-state index in [1.165, 1.54) is 0 Å². The molecule has 0 aliphatic heterocycles. The Morgan fingerprint density at radius 2 is 0.198 bits per heavy atom. The molecule has 0 saturated carbocycles. The first-order chi connectivity index (χ1) is 40.4. The van der Waals surface area contributed by atoms with E-state index in [0.29, 0.717) is 0 Å². The zero-order valence-electron chi connectivity index (χ0n) is 40.9. The van der Waals surface area contributed by atoms with Crippen LogP contribution in [0.25, 0.3) is 0 Å². The zero-order chi connectivity index (χ0) is 58.4. The first-order valence-corrected chi connectivity index (χ1v) is 20.5. The molecule has 2 heteroatoms. The Morgan fingerprint density at radius 3 is 0.259 bits per heavy atom. The van der Waals surface area contributed by atoms with Gasteiger partial charge in [-0.1, -0.05) is 5.92 Å². The normalized spacial score (nSPS) is 3.89. The molecule has 0 aromatic heterocycles. The second-order valence-corrected chi connectivity index (χ2v) is 9.75. The Hall–Kier alpha value is -16.8. The van der Waals surface area contributed by atoms with Crippen molar-refractivity contribution in [2.24, 2.45) is 0 Å². The first kappa shape index (κ1) is 66.3. The monoisotopic (exact) mass is 1020 g/mol. The van der Waals surface area contributed by atoms with Crippen molar-refractivity contribution in [2.45, 2.75) is 6.92 Å². The van der Waals surface area contributed by atoms with Gasteiger partial charge in [0.15, 0.2) is 0 Å². The van der Waals surface area contributed by atoms with Gasteiger partial charge in [-0.3, -0.25) is 5.92 Å². The van der Waals surface area contributed by atoms with Crippen molar-refractivity contribution in [3.63, 3.8) is 0 Å². The zero-order valence-corrected chi connectivity index (χ0v) is 42.3. The second-order valence-electron chi connectivity index (χ2n) is 9.75. The average molecular weight is 1020 g/mol. The Kier molecular flexibility index (Phi) is 55.2. The van der Waals surface area contributed by atoms with E-state index in [4.69, 9.17) is 10.1 Å². The molecule has 0 amide bonds. The minimum atomic E-state index is 1.06. The van der Waals surface area contributed by atoms with Crippen molar-refractivity contribution in [1.29, 1.82) is 0 Å². The van der Waals surface area contributed by atoms with Crippen LogP contribution in [0, 0.1) is 462 Å². The van der Waals surface area contributed by atoms with Crippen molar-refractivity contribution in [3.8, 4) is 456 Å². The van der Waals surface area contributed by atoms with Gasteiger partial charge in [-0.15, -0.1) is 5.92 Å². The Morgan fingerprint density at radius 1 is 0.136 bits per heavy atom. The van der Waals surface area contributed by atoms with Crippen molar-refractivity contribution in [1.82, 2.24) is 0 Å². The molecule has 1 nitrogen and oxygen atoms in total. The van der Waals surface area contributed by atoms with Gasteiger partial charge >= 0.3 is 21.0 Å². The molecule has 331 valence electrons. The van der Waals surface area contributed by atoms with Crippen LogP contribution in [0.1, 0.15) is 6.92 Å². The molecular weight excluding hydrogens is 1020 g/mol. The van der Waals surface area contributed by atoms with Gasteiger partial charge in [0.05, 0.1) is 0 Å². The van der Waals surface area contributed by atoms with E-state index in [-0.39, 0.29) is 0 Å². The van der Waals surface area contributed by atoms with E-state index in [9.17, 15) is 0 Å². The summed E-state index contributed by atoms with van der Waals surface area (Å²) in [6.07, 6.45) is 6.58. The molecule has 0 spiro atoms. The molecule has 0 aromatic rings. The molecule has 0 saturated heterocycles. The quantitative estimate of drug-likeness (QED) is 0.257. The maximum absolute atomic E-state index is 8.19. The van der Waals surface area contributed by atoms with Gasteiger partial charge in [0.1, 0.15) is 0 Å². The first-order valence-electron chi connectivity index (χ1n) is 19.9. The minimum absolute atomic E-state index is 1.06. The predicted octanol–water partition coefficient (Wildman–Crippen LogP) is 0.604. The Bertz CT molecular complexity index is 5360. The van der Waals surface area contributed by atoms with E-state index in [1.807, 2.05) is 5.92 Å². The third-order valence-corrected chi connectivity index (χ3v) is 4.81. The van der Waals surface area contributed by atoms with Crippen LogP contribution in [0.2, 0.25) is 0 Å². The Labute approximate surface area is 487 Å². The fourth-order valence-electron chi connectivity index (χ4n) is 2.38. The van der Waals surface area contributed by atoms with Crippen LogP contribution in [0.15, 0.2) is 0 Å². The molecule has 0 rings (SSSR count). The molecule has 0 radical (unpaired) electrons. The molecule has 0 bridgehead atoms. The van der Waals surface area contributed by atoms with Crippen LogP contribution in [0.4, 0.5) is 0 Å². The standard InChI is InChI=1S/C79H3.O.V/c1-3-5-7-9-11-13-15-17-19-21-23-25-27-29-31-33-35-37-39-41-43-45-47-49-51-53-55-57-59-61-63-65-67-69-71-73-75-77-79-78-76-74-72-70-68-66-64-62-60-58-56-54-52-50-48-46-44-42-40-38-36-34-32-30-28-26-24-22-20-18-16-14-12-10-8-6-4-2;;/h1H3;;/q-1;;. The molecule has 81 heavy (non-hydrogen) atoms. The summed E-state index contributed by atoms with van der Waals surface area (Å²) in [5.74, 6) is 191. The summed E-state index contributed by atoms with van der Waals surface area (Å²) in [5.41, 5.74) is 0. The van der Waals surface area contributed by atoms with Gasteiger partial charge in [-0.05, 0) is 102 Å². The summed E-state index contributed by atoms with van der Waals surface area (Å²) >= 11 is 1.06. The molecule has 0 aliphatic carbocycles. The SMILES string of the molecule is [C-]#CC#CC#CC#CC#CC#CC#CC#CC#CC#CC#CC#CC#CC#CC#CC#CC#CC#CC#CC#CC#CC#CC#CC#CC#CC#CC#CC#CC#CC#CC#CC#CC#CC#CC#CC#CC#CC#CC#CC.[O]=[V]. The van der Waals surface area contributed by atoms with E-state index in [0.717, 1.165) is 17.4 Å². The topological polar surface area (TPSA) is 17.1 Å². The summed E-state index contributed by atoms with van der Waals surface area (Å²) in [4.78, 5) is 0. The predicted molar refractivity (Wildman–Crippen MR) is 309 cm³/mol. The fourth-order valence-corrected chi connectivity index (χ4v) is 2.38. The van der Waals surface area contributed by atoms with Gasteiger partial charge in [0.2, 0.25) is 0 Å². The van der Waals surface area contributed by atoms with Crippen molar-refractivity contribution in [2.75, 3.05) is 0 Å². The number of hydrogen-bond donors (Lipinski definition) is 0. The molecule has 0 aromatic carbocycles. The molecule has 0 aliphatic rings. The fraction of sp³-hybridized carbons (Fsp3) is 0.0127. The Balaban J connectivity index is 0. The van der Waals surface area contributed by atoms with Crippen molar-refractivity contribution < 1.29 is 21.0 Å². The second kappa shape index (κ2) is 67.5. The number of hydrogen-bond acceptors (Lipinski definition) is 1. The van der Waals surface area contributed by atoms with Gasteiger partial charge in [0.25, 0.3) is 0 Å². The molecule has 0 N–H and O–H groups in total. The van der Waals surface area contributed by atoms with Crippen LogP contribution in [0.5, 0.6) is 0 Å². The third-order valence-electron chi connectivity index (χ3n) is 4.81. The molecule has 0 fully saturated rings. The van der Waals surface area contributed by atoms with E-state index >= 15 is 0 Å². The third kappa shape index (κ3) is 67.6. The van der Waals surface area contributed by atoms with Crippen LogP contribution >= 0.6 is 0 Å². The summed E-state index contributed by atoms with van der Waals surface area (Å²) in [6, 6.07) is 0. The molecule has 0 unspecified atom stereocenters. The van der Waals surface area contributed by atoms with Crippen molar-refractivity contribution >= 4 is 0 Å². The summed E-state index contributed by atoms with van der Waals surface area (Å²) in [7, 11) is 0. The molecular formula is C79H3OV-. The maximum atomic E-state index is 8.19. The van der Waals surface area contributed by atoms with Crippen LogP contribution < -0.4 is 0 Å². The van der Waals surface area contributed by atoms with Gasteiger partial charge in [-0.25, -0.2) is 5.92 Å². The van der Waals surface area contributed by atoms with Gasteiger partial charge in [-0.2, -0.15) is 0 Å². The number of rotatable bonds is 0. The molecule has 0 heterocycles. The van der Waals surface area contributed by atoms with Crippen LogP contribution in [-0.4, -0.2) is 0 Å². The van der Waals surface area contributed by atoms with Crippen LogP contribution in [0.3, 0.4) is 0 Å². The van der Waals surface area contributed by atoms with E-state index < -0.39 is 0 Å². The summed E-state index contributed by atoms with van der Waals surface area (Å²) < 4.78 is 8.19. The van der Waals surface area contributed by atoms with Crippen LogP contribution in [-0.2, 0) is 21.0 Å². The summed E-state index contributed by atoms with van der Waals surface area (Å²) in [5, 5.41) is 0. The summed E-state index contributed by atoms with van der Waals surface area (Å²) in [6.45, 7) is 1.68. The average Bonchev–Trinajstić information content (AvgIpc) is 3.48. The van der Waals surface area contributed by atoms with Gasteiger partial charge in [0, 0.05) is 337 Å². The molecule has 0 atom stereocenters.